The van der Waals surface area contributed by atoms with E-state index in [4.69, 9.17) is 9.47 Å². The molecule has 0 aromatic carbocycles. The summed E-state index contributed by atoms with van der Waals surface area (Å²) in [5, 5.41) is 0.723. The average molecular weight is 289 g/mol. The minimum atomic E-state index is -0.117. The van der Waals surface area contributed by atoms with E-state index < -0.39 is 0 Å². The molecular formula is C10H15N3O3S2. The molecule has 0 N–H and O–H groups in total. The Morgan fingerprint density at radius 3 is 3.00 bits per heavy atom. The number of hydrogen-bond acceptors (Lipinski definition) is 7. The van der Waals surface area contributed by atoms with Gasteiger partial charge in [0.25, 0.3) is 10.4 Å². The lowest BCUT2D eigenvalue weighted by Crippen LogP contribution is -2.16. The van der Waals surface area contributed by atoms with Crippen LogP contribution in [0.5, 0.6) is 5.19 Å². The first-order chi connectivity index (χ1) is 8.63. The maximum atomic E-state index is 11.4. The topological polar surface area (TPSA) is 64.6 Å². The molecule has 1 heterocycles. The van der Waals surface area contributed by atoms with Crippen molar-refractivity contribution >= 4 is 28.5 Å². The van der Waals surface area contributed by atoms with Crippen molar-refractivity contribution in [1.29, 1.82) is 0 Å². The third-order valence-electron chi connectivity index (χ3n) is 1.62. The molecule has 0 spiro atoms. The van der Waals surface area contributed by atoms with Gasteiger partial charge in [0.1, 0.15) is 6.61 Å². The van der Waals surface area contributed by atoms with Gasteiger partial charge in [-0.25, -0.2) is 0 Å². The van der Waals surface area contributed by atoms with Gasteiger partial charge in [-0.3, -0.25) is 4.79 Å². The van der Waals surface area contributed by atoms with E-state index in [0.717, 1.165) is 23.3 Å². The van der Waals surface area contributed by atoms with Crippen molar-refractivity contribution in [2.24, 2.45) is 0 Å². The lowest BCUT2D eigenvalue weighted by molar-refractivity contribution is 0.121. The molecule has 8 heteroatoms. The van der Waals surface area contributed by atoms with Crippen molar-refractivity contribution in [3.63, 3.8) is 0 Å². The van der Waals surface area contributed by atoms with Crippen LogP contribution >= 0.6 is 23.3 Å². The Balaban J connectivity index is 2.30. The summed E-state index contributed by atoms with van der Waals surface area (Å²) in [5.41, 5.74) is 0. The van der Waals surface area contributed by atoms with Crippen molar-refractivity contribution in [2.75, 3.05) is 33.9 Å². The number of aromatic nitrogens is 2. The summed E-state index contributed by atoms with van der Waals surface area (Å²) in [4.78, 5) is 16.9. The van der Waals surface area contributed by atoms with E-state index in [-0.39, 0.29) is 5.24 Å². The molecular weight excluding hydrogens is 274 g/mol. The number of carbonyl (C=O) groups excluding carboxylic acids is 1. The van der Waals surface area contributed by atoms with Gasteiger partial charge in [-0.15, -0.1) is 6.58 Å². The molecule has 1 aromatic rings. The van der Waals surface area contributed by atoms with Crippen molar-refractivity contribution < 1.29 is 14.3 Å². The smallest absolute Gasteiger partial charge is 0.294 e. The highest BCUT2D eigenvalue weighted by atomic mass is 32.2. The van der Waals surface area contributed by atoms with Crippen LogP contribution in [0, 0.1) is 0 Å². The van der Waals surface area contributed by atoms with Gasteiger partial charge >= 0.3 is 0 Å². The fourth-order valence-electron chi connectivity index (χ4n) is 0.821. The lowest BCUT2D eigenvalue weighted by Gasteiger charge is -2.06. The molecule has 0 fully saturated rings. The molecule has 0 aliphatic carbocycles. The van der Waals surface area contributed by atoms with Crippen LogP contribution in [0.2, 0.25) is 0 Å². The average Bonchev–Trinajstić information content (AvgIpc) is 2.76. The third-order valence-corrected chi connectivity index (χ3v) is 3.27. The molecule has 1 aromatic heterocycles. The molecule has 0 bridgehead atoms. The summed E-state index contributed by atoms with van der Waals surface area (Å²) in [6.45, 7) is 4.90. The summed E-state index contributed by atoms with van der Waals surface area (Å²) >= 11 is 2.09. The monoisotopic (exact) mass is 289 g/mol. The number of ether oxygens (including phenoxy) is 2. The first kappa shape index (κ1) is 14.9. The maximum Gasteiger partial charge on any atom is 0.294 e. The SMILES string of the molecule is C=CCOCCOc1nc(SC(=O)N(C)C)ns1. The quantitative estimate of drug-likeness (QED) is 0.434. The Morgan fingerprint density at radius 1 is 1.56 bits per heavy atom. The Hall–Kier alpha value is -1.12. The van der Waals surface area contributed by atoms with Gasteiger partial charge in [0.2, 0.25) is 5.16 Å². The zero-order chi connectivity index (χ0) is 13.4. The van der Waals surface area contributed by atoms with E-state index >= 15 is 0 Å². The van der Waals surface area contributed by atoms with Crippen LogP contribution in [0.4, 0.5) is 4.79 Å². The van der Waals surface area contributed by atoms with Crippen LogP contribution in [0.15, 0.2) is 17.8 Å². The van der Waals surface area contributed by atoms with Gasteiger partial charge in [-0.2, -0.15) is 9.36 Å². The summed E-state index contributed by atoms with van der Waals surface area (Å²) in [7, 11) is 3.35. The fraction of sp³-hybridized carbons (Fsp3) is 0.500. The molecule has 0 aliphatic rings. The van der Waals surface area contributed by atoms with Crippen LogP contribution in [-0.4, -0.2) is 53.4 Å². The van der Waals surface area contributed by atoms with E-state index in [0.29, 0.717) is 30.2 Å². The predicted octanol–water partition coefficient (Wildman–Crippen LogP) is 1.89. The highest BCUT2D eigenvalue weighted by Crippen LogP contribution is 2.23. The van der Waals surface area contributed by atoms with Crippen molar-refractivity contribution in [3.05, 3.63) is 12.7 Å². The highest BCUT2D eigenvalue weighted by molar-refractivity contribution is 8.13. The van der Waals surface area contributed by atoms with E-state index in [2.05, 4.69) is 15.9 Å². The predicted molar refractivity (Wildman–Crippen MR) is 71.4 cm³/mol. The van der Waals surface area contributed by atoms with Crippen molar-refractivity contribution in [2.45, 2.75) is 5.16 Å². The first-order valence-corrected chi connectivity index (χ1v) is 6.76. The minimum absolute atomic E-state index is 0.117. The van der Waals surface area contributed by atoms with Gasteiger partial charge in [-0.1, -0.05) is 6.08 Å². The summed E-state index contributed by atoms with van der Waals surface area (Å²) in [6, 6.07) is 0. The number of hydrogen-bond donors (Lipinski definition) is 0. The Morgan fingerprint density at radius 2 is 2.33 bits per heavy atom. The molecule has 0 saturated carbocycles. The number of rotatable bonds is 7. The van der Waals surface area contributed by atoms with E-state index in [1.807, 2.05) is 0 Å². The summed E-state index contributed by atoms with van der Waals surface area (Å²) < 4.78 is 14.5. The molecule has 0 atom stereocenters. The Labute approximate surface area is 114 Å². The molecule has 1 amide bonds. The highest BCUT2D eigenvalue weighted by Gasteiger charge is 2.12. The molecule has 0 aliphatic heterocycles. The van der Waals surface area contributed by atoms with Gasteiger partial charge in [0, 0.05) is 37.4 Å². The van der Waals surface area contributed by atoms with Crippen LogP contribution < -0.4 is 4.74 Å². The standard InChI is InChI=1S/C10H15N3O3S2/c1-4-5-15-6-7-16-9-11-8(12-18-9)17-10(14)13(2)3/h4H,1,5-7H2,2-3H3. The number of amides is 1. The minimum Gasteiger partial charge on any atom is -0.467 e. The molecule has 0 saturated heterocycles. The second kappa shape index (κ2) is 8.06. The second-order valence-corrected chi connectivity index (χ2v) is 4.95. The van der Waals surface area contributed by atoms with Crippen molar-refractivity contribution in [1.82, 2.24) is 14.3 Å². The summed E-state index contributed by atoms with van der Waals surface area (Å²) in [5.74, 6) is 0. The Kier molecular flexibility index (Phi) is 6.69. The third kappa shape index (κ3) is 5.48. The van der Waals surface area contributed by atoms with Gasteiger partial charge < -0.3 is 14.4 Å². The molecule has 6 nitrogen and oxygen atoms in total. The van der Waals surface area contributed by atoms with Crippen LogP contribution in [0.1, 0.15) is 0 Å². The first-order valence-electron chi connectivity index (χ1n) is 5.17. The van der Waals surface area contributed by atoms with Crippen LogP contribution in [0.3, 0.4) is 0 Å². The van der Waals surface area contributed by atoms with Gasteiger partial charge in [0.15, 0.2) is 0 Å². The van der Waals surface area contributed by atoms with Gasteiger partial charge in [-0.05, 0) is 0 Å². The van der Waals surface area contributed by atoms with E-state index in [9.17, 15) is 4.79 Å². The summed E-state index contributed by atoms with van der Waals surface area (Å²) in [6.07, 6.45) is 1.67. The Bertz CT molecular complexity index is 395. The molecule has 100 valence electrons. The molecule has 0 unspecified atom stereocenters. The largest absolute Gasteiger partial charge is 0.467 e. The van der Waals surface area contributed by atoms with Crippen LogP contribution in [0.25, 0.3) is 0 Å². The molecule has 0 radical (unpaired) electrons. The number of carbonyl (C=O) groups is 1. The van der Waals surface area contributed by atoms with E-state index in [1.165, 1.54) is 4.90 Å². The zero-order valence-corrected chi connectivity index (χ0v) is 11.9. The zero-order valence-electron chi connectivity index (χ0n) is 10.3. The van der Waals surface area contributed by atoms with E-state index in [1.54, 1.807) is 20.2 Å². The van der Waals surface area contributed by atoms with Gasteiger partial charge in [0.05, 0.1) is 13.2 Å². The molecule has 1 rings (SSSR count). The number of thioether (sulfide) groups is 1. The number of nitrogens with zero attached hydrogens (tertiary/aromatic N) is 3. The lowest BCUT2D eigenvalue weighted by atomic mass is 10.7. The molecule has 18 heavy (non-hydrogen) atoms. The van der Waals surface area contributed by atoms with Crippen LogP contribution in [-0.2, 0) is 4.74 Å². The second-order valence-electron chi connectivity index (χ2n) is 3.32. The maximum absolute atomic E-state index is 11.4. The van der Waals surface area contributed by atoms with Crippen molar-refractivity contribution in [3.8, 4) is 5.19 Å². The normalized spacial score (nSPS) is 10.1. The fourth-order valence-corrected chi connectivity index (χ4v) is 2.07.